The summed E-state index contributed by atoms with van der Waals surface area (Å²) in [5.41, 5.74) is 1.12. The van der Waals surface area contributed by atoms with Crippen molar-refractivity contribution in [3.63, 3.8) is 0 Å². The smallest absolute Gasteiger partial charge is 0.246 e. The summed E-state index contributed by atoms with van der Waals surface area (Å²) in [4.78, 5) is 31.1. The van der Waals surface area contributed by atoms with Gasteiger partial charge in [0, 0.05) is 44.2 Å². The van der Waals surface area contributed by atoms with Crippen molar-refractivity contribution in [2.75, 3.05) is 19.7 Å². The van der Waals surface area contributed by atoms with Crippen LogP contribution in [0.25, 0.3) is 0 Å². The van der Waals surface area contributed by atoms with Gasteiger partial charge in [0.1, 0.15) is 0 Å². The third-order valence-electron chi connectivity index (χ3n) is 4.15. The SMILES string of the molecule is CC(=O)N1Cc2cccn2C[C@H](CC(=O)N2CCCO2)C1. The fraction of sp³-hybridized carbons (Fsp3) is 0.600. The predicted octanol–water partition coefficient (Wildman–Crippen LogP) is 1.02. The molecule has 0 spiro atoms. The van der Waals surface area contributed by atoms with Gasteiger partial charge in [0.15, 0.2) is 0 Å². The molecule has 3 heterocycles. The highest BCUT2D eigenvalue weighted by Crippen LogP contribution is 2.21. The molecule has 2 amide bonds. The second kappa shape index (κ2) is 5.89. The van der Waals surface area contributed by atoms with E-state index in [1.807, 2.05) is 23.2 Å². The Morgan fingerprint density at radius 1 is 1.38 bits per heavy atom. The summed E-state index contributed by atoms with van der Waals surface area (Å²) < 4.78 is 2.14. The van der Waals surface area contributed by atoms with Crippen molar-refractivity contribution in [2.24, 2.45) is 5.92 Å². The van der Waals surface area contributed by atoms with Crippen molar-refractivity contribution in [3.8, 4) is 0 Å². The highest BCUT2D eigenvalue weighted by atomic mass is 16.7. The topological polar surface area (TPSA) is 54.8 Å². The van der Waals surface area contributed by atoms with Crippen LogP contribution in [0.1, 0.15) is 25.5 Å². The Hall–Kier alpha value is -1.82. The van der Waals surface area contributed by atoms with E-state index >= 15 is 0 Å². The molecule has 0 N–H and O–H groups in total. The Labute approximate surface area is 124 Å². The summed E-state index contributed by atoms with van der Waals surface area (Å²) in [5.74, 6) is 0.204. The lowest BCUT2D eigenvalue weighted by molar-refractivity contribution is -0.170. The molecule has 1 fully saturated rings. The fourth-order valence-corrected chi connectivity index (χ4v) is 3.04. The van der Waals surface area contributed by atoms with Gasteiger partial charge in [0.2, 0.25) is 11.8 Å². The number of amides is 2. The highest BCUT2D eigenvalue weighted by Gasteiger charge is 2.28. The largest absolute Gasteiger partial charge is 0.349 e. The summed E-state index contributed by atoms with van der Waals surface area (Å²) >= 11 is 0. The van der Waals surface area contributed by atoms with E-state index in [9.17, 15) is 9.59 Å². The van der Waals surface area contributed by atoms with E-state index in [2.05, 4.69) is 4.57 Å². The number of nitrogens with zero attached hydrogens (tertiary/aromatic N) is 3. The van der Waals surface area contributed by atoms with Crippen LogP contribution in [-0.4, -0.2) is 46.0 Å². The molecule has 6 heteroatoms. The Bertz CT molecular complexity index is 534. The molecule has 1 aromatic heterocycles. The standard InChI is InChI=1S/C15H21N3O3/c1-12(19)17-10-13(8-15(20)18-6-3-7-21-18)9-16-5-2-4-14(16)11-17/h2,4-5,13H,3,6-11H2,1H3/t13-/m0/s1. The van der Waals surface area contributed by atoms with Crippen molar-refractivity contribution in [2.45, 2.75) is 32.9 Å². The summed E-state index contributed by atoms with van der Waals surface area (Å²) in [5, 5.41) is 1.47. The maximum absolute atomic E-state index is 12.2. The molecule has 0 bridgehead atoms. The molecule has 1 aromatic rings. The minimum absolute atomic E-state index is 0.0246. The van der Waals surface area contributed by atoms with Gasteiger partial charge in [-0.15, -0.1) is 0 Å². The summed E-state index contributed by atoms with van der Waals surface area (Å²) in [6, 6.07) is 4.02. The summed E-state index contributed by atoms with van der Waals surface area (Å²) in [6.07, 6.45) is 3.34. The number of aromatic nitrogens is 1. The average Bonchev–Trinajstić information content (AvgIpc) is 3.07. The number of hydrogen-bond acceptors (Lipinski definition) is 3. The van der Waals surface area contributed by atoms with E-state index in [1.54, 1.807) is 6.92 Å². The van der Waals surface area contributed by atoms with E-state index in [1.165, 1.54) is 5.06 Å². The number of fused-ring (bicyclic) bond motifs is 1. The van der Waals surface area contributed by atoms with E-state index in [4.69, 9.17) is 4.84 Å². The zero-order valence-electron chi connectivity index (χ0n) is 12.3. The normalized spacial score (nSPS) is 22.0. The van der Waals surface area contributed by atoms with Gasteiger partial charge < -0.3 is 9.47 Å². The van der Waals surface area contributed by atoms with Crippen LogP contribution >= 0.6 is 0 Å². The van der Waals surface area contributed by atoms with Crippen LogP contribution in [0.3, 0.4) is 0 Å². The van der Waals surface area contributed by atoms with Gasteiger partial charge in [0.05, 0.1) is 19.7 Å². The third kappa shape index (κ3) is 3.10. The maximum Gasteiger partial charge on any atom is 0.246 e. The average molecular weight is 291 g/mol. The minimum atomic E-state index is 0.0246. The van der Waals surface area contributed by atoms with Crippen LogP contribution in [0.4, 0.5) is 0 Å². The van der Waals surface area contributed by atoms with Crippen molar-refractivity contribution in [3.05, 3.63) is 24.0 Å². The van der Waals surface area contributed by atoms with Gasteiger partial charge in [-0.25, -0.2) is 5.06 Å². The van der Waals surface area contributed by atoms with Crippen molar-refractivity contribution in [1.29, 1.82) is 0 Å². The van der Waals surface area contributed by atoms with Gasteiger partial charge in [-0.2, -0.15) is 0 Å². The number of hydrogen-bond donors (Lipinski definition) is 0. The molecule has 1 saturated heterocycles. The molecule has 114 valence electrons. The van der Waals surface area contributed by atoms with Crippen LogP contribution in [0.2, 0.25) is 0 Å². The lowest BCUT2D eigenvalue weighted by atomic mass is 10.0. The Kier molecular flexibility index (Phi) is 3.96. The van der Waals surface area contributed by atoms with Crippen molar-refractivity contribution in [1.82, 2.24) is 14.5 Å². The Morgan fingerprint density at radius 3 is 2.95 bits per heavy atom. The van der Waals surface area contributed by atoms with Crippen molar-refractivity contribution < 1.29 is 14.4 Å². The summed E-state index contributed by atoms with van der Waals surface area (Å²) in [7, 11) is 0. The molecule has 0 unspecified atom stereocenters. The molecule has 1 atom stereocenters. The first kappa shape index (κ1) is 14.1. The van der Waals surface area contributed by atoms with E-state index in [-0.39, 0.29) is 17.7 Å². The highest BCUT2D eigenvalue weighted by molar-refractivity contribution is 5.76. The third-order valence-corrected chi connectivity index (χ3v) is 4.15. The predicted molar refractivity (Wildman–Crippen MR) is 75.9 cm³/mol. The quantitative estimate of drug-likeness (QED) is 0.817. The van der Waals surface area contributed by atoms with E-state index < -0.39 is 0 Å². The maximum atomic E-state index is 12.2. The second-order valence-corrected chi connectivity index (χ2v) is 5.80. The number of hydroxylamine groups is 2. The molecule has 6 nitrogen and oxygen atoms in total. The molecule has 3 rings (SSSR count). The molecule has 0 aliphatic carbocycles. The lowest BCUT2D eigenvalue weighted by Gasteiger charge is -2.24. The monoisotopic (exact) mass is 291 g/mol. The first-order chi connectivity index (χ1) is 10.1. The molecule has 2 aliphatic rings. The van der Waals surface area contributed by atoms with E-state index in [0.29, 0.717) is 32.7 Å². The van der Waals surface area contributed by atoms with Crippen LogP contribution in [-0.2, 0) is 27.5 Å². The molecule has 2 aliphatic heterocycles. The van der Waals surface area contributed by atoms with Crippen LogP contribution < -0.4 is 0 Å². The zero-order valence-corrected chi connectivity index (χ0v) is 12.3. The molecular formula is C15H21N3O3. The fourth-order valence-electron chi connectivity index (χ4n) is 3.04. The van der Waals surface area contributed by atoms with Gasteiger partial charge in [-0.1, -0.05) is 0 Å². The first-order valence-corrected chi connectivity index (χ1v) is 7.46. The molecular weight excluding hydrogens is 270 g/mol. The van der Waals surface area contributed by atoms with Crippen LogP contribution in [0, 0.1) is 5.92 Å². The molecule has 0 aromatic carbocycles. The Balaban J connectivity index is 1.71. The van der Waals surface area contributed by atoms with Gasteiger partial charge >= 0.3 is 0 Å². The van der Waals surface area contributed by atoms with Gasteiger partial charge in [-0.05, 0) is 18.6 Å². The minimum Gasteiger partial charge on any atom is -0.349 e. The van der Waals surface area contributed by atoms with Crippen LogP contribution in [0.5, 0.6) is 0 Å². The van der Waals surface area contributed by atoms with Crippen molar-refractivity contribution >= 4 is 11.8 Å². The second-order valence-electron chi connectivity index (χ2n) is 5.80. The Morgan fingerprint density at radius 2 is 2.24 bits per heavy atom. The first-order valence-electron chi connectivity index (χ1n) is 7.46. The lowest BCUT2D eigenvalue weighted by Crippen LogP contribution is -2.35. The summed E-state index contributed by atoms with van der Waals surface area (Å²) in [6.45, 7) is 4.89. The number of carbonyl (C=O) groups is 2. The molecule has 0 radical (unpaired) electrons. The van der Waals surface area contributed by atoms with Crippen LogP contribution in [0.15, 0.2) is 18.3 Å². The number of carbonyl (C=O) groups excluding carboxylic acids is 2. The molecule has 0 saturated carbocycles. The molecule has 21 heavy (non-hydrogen) atoms. The van der Waals surface area contributed by atoms with Gasteiger partial charge in [0.25, 0.3) is 0 Å². The zero-order chi connectivity index (χ0) is 14.8. The number of rotatable bonds is 2. The van der Waals surface area contributed by atoms with Gasteiger partial charge in [-0.3, -0.25) is 14.4 Å². The van der Waals surface area contributed by atoms with E-state index in [0.717, 1.165) is 18.7 Å².